The van der Waals surface area contributed by atoms with Crippen LogP contribution in [-0.2, 0) is 0 Å². The molecule has 0 aliphatic carbocycles. The summed E-state index contributed by atoms with van der Waals surface area (Å²) in [7, 11) is 0. The van der Waals surface area contributed by atoms with Crippen LogP contribution in [0.5, 0.6) is 0 Å². The molecule has 144 valence electrons. The van der Waals surface area contributed by atoms with Gasteiger partial charge < -0.3 is 5.32 Å². The molecule has 1 amide bonds. The van der Waals surface area contributed by atoms with Gasteiger partial charge in [0.25, 0.3) is 5.91 Å². The Morgan fingerprint density at radius 3 is 2.54 bits per heavy atom. The Hall–Kier alpha value is -2.92. The fraction of sp³-hybridized carbons (Fsp3) is 0.304. The van der Waals surface area contributed by atoms with Gasteiger partial charge >= 0.3 is 0 Å². The number of hydrogen-bond donors (Lipinski definition) is 1. The van der Waals surface area contributed by atoms with Crippen LogP contribution in [0, 0.1) is 0 Å². The molecule has 5 nitrogen and oxygen atoms in total. The van der Waals surface area contributed by atoms with E-state index in [1.54, 1.807) is 4.68 Å². The van der Waals surface area contributed by atoms with Gasteiger partial charge in [-0.3, -0.25) is 9.69 Å². The van der Waals surface area contributed by atoms with Crippen molar-refractivity contribution in [1.82, 2.24) is 20.0 Å². The number of carbonyl (C=O) groups excluding carboxylic acids is 1. The minimum atomic E-state index is -0.0658. The lowest BCUT2D eigenvalue weighted by Crippen LogP contribution is -2.40. The molecule has 1 aliphatic heterocycles. The summed E-state index contributed by atoms with van der Waals surface area (Å²) in [5.41, 5.74) is 3.20. The molecule has 28 heavy (non-hydrogen) atoms. The van der Waals surface area contributed by atoms with Crippen molar-refractivity contribution in [3.8, 4) is 16.9 Å². The van der Waals surface area contributed by atoms with Gasteiger partial charge in [-0.05, 0) is 38.1 Å². The molecule has 1 atom stereocenters. The SMILES string of the molecule is CCN1CCC[C@@H]1CNC(=O)c1cn(-c2ccccc2)nc1-c1ccccc1. The second-order valence-corrected chi connectivity index (χ2v) is 7.17. The maximum Gasteiger partial charge on any atom is 0.255 e. The maximum atomic E-state index is 13.1. The number of carbonyl (C=O) groups is 1. The second kappa shape index (κ2) is 8.40. The van der Waals surface area contributed by atoms with Crippen LogP contribution in [0.15, 0.2) is 66.9 Å². The van der Waals surface area contributed by atoms with Crippen molar-refractivity contribution in [3.05, 3.63) is 72.4 Å². The molecule has 1 aliphatic rings. The van der Waals surface area contributed by atoms with Gasteiger partial charge in [-0.15, -0.1) is 0 Å². The van der Waals surface area contributed by atoms with Gasteiger partial charge in [0.1, 0.15) is 5.69 Å². The first kappa shape index (κ1) is 18.4. The number of para-hydroxylation sites is 1. The highest BCUT2D eigenvalue weighted by atomic mass is 16.1. The third-order valence-corrected chi connectivity index (χ3v) is 5.43. The lowest BCUT2D eigenvalue weighted by Gasteiger charge is -2.22. The van der Waals surface area contributed by atoms with Crippen LogP contribution in [0.3, 0.4) is 0 Å². The van der Waals surface area contributed by atoms with E-state index in [0.717, 1.165) is 30.8 Å². The minimum absolute atomic E-state index is 0.0658. The monoisotopic (exact) mass is 374 g/mol. The minimum Gasteiger partial charge on any atom is -0.350 e. The van der Waals surface area contributed by atoms with E-state index in [9.17, 15) is 4.79 Å². The molecule has 1 saturated heterocycles. The van der Waals surface area contributed by atoms with Gasteiger partial charge in [-0.25, -0.2) is 4.68 Å². The number of benzene rings is 2. The molecule has 1 N–H and O–H groups in total. The molecule has 5 heteroatoms. The number of aromatic nitrogens is 2. The zero-order valence-electron chi connectivity index (χ0n) is 16.2. The van der Waals surface area contributed by atoms with Gasteiger partial charge in [0, 0.05) is 24.3 Å². The summed E-state index contributed by atoms with van der Waals surface area (Å²) in [6.07, 6.45) is 4.18. The van der Waals surface area contributed by atoms with E-state index in [1.807, 2.05) is 66.9 Å². The molecule has 1 fully saturated rings. The van der Waals surface area contributed by atoms with Gasteiger partial charge in [-0.1, -0.05) is 55.5 Å². The molecular formula is C23H26N4O. The molecule has 1 aromatic heterocycles. The molecule has 2 heterocycles. The average Bonchev–Trinajstić information content (AvgIpc) is 3.40. The van der Waals surface area contributed by atoms with E-state index in [1.165, 1.54) is 6.42 Å². The second-order valence-electron chi connectivity index (χ2n) is 7.17. The quantitative estimate of drug-likeness (QED) is 0.715. The average molecular weight is 374 g/mol. The number of amides is 1. The highest BCUT2D eigenvalue weighted by molar-refractivity contribution is 5.99. The van der Waals surface area contributed by atoms with Crippen LogP contribution in [-0.4, -0.2) is 46.3 Å². The van der Waals surface area contributed by atoms with E-state index in [-0.39, 0.29) is 5.91 Å². The van der Waals surface area contributed by atoms with Crippen LogP contribution in [0.4, 0.5) is 0 Å². The van der Waals surface area contributed by atoms with Gasteiger partial charge in [0.2, 0.25) is 0 Å². The summed E-state index contributed by atoms with van der Waals surface area (Å²) in [4.78, 5) is 15.5. The Morgan fingerprint density at radius 1 is 1.11 bits per heavy atom. The smallest absolute Gasteiger partial charge is 0.255 e. The van der Waals surface area contributed by atoms with Crippen molar-refractivity contribution in [2.45, 2.75) is 25.8 Å². The number of likely N-dealkylation sites (N-methyl/N-ethyl adjacent to an activating group) is 1. The summed E-state index contributed by atoms with van der Waals surface area (Å²) in [5, 5.41) is 7.87. The van der Waals surface area contributed by atoms with Crippen LogP contribution >= 0.6 is 0 Å². The molecule has 2 aromatic carbocycles. The summed E-state index contributed by atoms with van der Waals surface area (Å²) in [6.45, 7) is 5.01. The van der Waals surface area contributed by atoms with Crippen molar-refractivity contribution in [2.75, 3.05) is 19.6 Å². The third kappa shape index (κ3) is 3.85. The molecule has 0 unspecified atom stereocenters. The van der Waals surface area contributed by atoms with Crippen molar-refractivity contribution < 1.29 is 4.79 Å². The molecule has 0 radical (unpaired) electrons. The van der Waals surface area contributed by atoms with Crippen molar-refractivity contribution in [1.29, 1.82) is 0 Å². The van der Waals surface area contributed by atoms with E-state index in [0.29, 0.717) is 23.8 Å². The topological polar surface area (TPSA) is 50.2 Å². The first-order valence-corrected chi connectivity index (χ1v) is 9.99. The first-order chi connectivity index (χ1) is 13.8. The molecular weight excluding hydrogens is 348 g/mol. The van der Waals surface area contributed by atoms with E-state index in [4.69, 9.17) is 5.10 Å². The normalized spacial score (nSPS) is 17.0. The van der Waals surface area contributed by atoms with Crippen molar-refractivity contribution in [3.63, 3.8) is 0 Å². The lowest BCUT2D eigenvalue weighted by atomic mass is 10.1. The Balaban J connectivity index is 1.61. The highest BCUT2D eigenvalue weighted by Crippen LogP contribution is 2.24. The number of hydrogen-bond acceptors (Lipinski definition) is 3. The molecule has 4 rings (SSSR count). The largest absolute Gasteiger partial charge is 0.350 e. The van der Waals surface area contributed by atoms with Gasteiger partial charge in [0.05, 0.1) is 11.3 Å². The number of nitrogens with zero attached hydrogens (tertiary/aromatic N) is 3. The molecule has 3 aromatic rings. The standard InChI is InChI=1S/C23H26N4O/c1-2-26-15-9-14-20(26)16-24-23(28)21-17-27(19-12-7-4-8-13-19)25-22(21)18-10-5-3-6-11-18/h3-8,10-13,17,20H,2,9,14-16H2,1H3,(H,24,28)/t20-/m1/s1. The summed E-state index contributed by atoms with van der Waals surface area (Å²) < 4.78 is 1.78. The van der Waals surface area contributed by atoms with E-state index < -0.39 is 0 Å². The molecule has 0 bridgehead atoms. The number of rotatable bonds is 6. The third-order valence-electron chi connectivity index (χ3n) is 5.43. The van der Waals surface area contributed by atoms with Gasteiger partial charge in [-0.2, -0.15) is 5.10 Å². The zero-order valence-corrected chi connectivity index (χ0v) is 16.2. The van der Waals surface area contributed by atoms with Gasteiger partial charge in [0.15, 0.2) is 0 Å². The van der Waals surface area contributed by atoms with Crippen molar-refractivity contribution >= 4 is 5.91 Å². The number of likely N-dealkylation sites (tertiary alicyclic amines) is 1. The summed E-state index contributed by atoms with van der Waals surface area (Å²) in [5.74, 6) is -0.0658. The molecule has 0 spiro atoms. The highest BCUT2D eigenvalue weighted by Gasteiger charge is 2.25. The Labute approximate surface area is 166 Å². The maximum absolute atomic E-state index is 13.1. The first-order valence-electron chi connectivity index (χ1n) is 9.99. The molecule has 0 saturated carbocycles. The van der Waals surface area contributed by atoms with Crippen LogP contribution in [0.1, 0.15) is 30.1 Å². The Bertz CT molecular complexity index is 920. The van der Waals surface area contributed by atoms with E-state index in [2.05, 4.69) is 17.1 Å². The van der Waals surface area contributed by atoms with Crippen LogP contribution in [0.25, 0.3) is 16.9 Å². The predicted octanol–water partition coefficient (Wildman–Crippen LogP) is 3.75. The fourth-order valence-electron chi connectivity index (χ4n) is 3.91. The van der Waals surface area contributed by atoms with Crippen LogP contribution < -0.4 is 5.32 Å². The summed E-state index contributed by atoms with van der Waals surface area (Å²) in [6, 6.07) is 20.2. The fourth-order valence-corrected chi connectivity index (χ4v) is 3.91. The summed E-state index contributed by atoms with van der Waals surface area (Å²) >= 11 is 0. The van der Waals surface area contributed by atoms with E-state index >= 15 is 0 Å². The Morgan fingerprint density at radius 2 is 1.82 bits per heavy atom. The van der Waals surface area contributed by atoms with Crippen LogP contribution in [0.2, 0.25) is 0 Å². The zero-order chi connectivity index (χ0) is 19.3. The number of nitrogens with one attached hydrogen (secondary N) is 1. The van der Waals surface area contributed by atoms with Crippen molar-refractivity contribution in [2.24, 2.45) is 0 Å². The predicted molar refractivity (Wildman–Crippen MR) is 112 cm³/mol. The Kier molecular flexibility index (Phi) is 5.53. The lowest BCUT2D eigenvalue weighted by molar-refractivity contribution is 0.0942.